The van der Waals surface area contributed by atoms with Crippen LogP contribution in [0.15, 0.2) is 64.5 Å². The predicted molar refractivity (Wildman–Crippen MR) is 109 cm³/mol. The van der Waals surface area contributed by atoms with Gasteiger partial charge in [0.05, 0.1) is 17.2 Å². The molecular formula is C21H19ClN2O2S. The summed E-state index contributed by atoms with van der Waals surface area (Å²) in [5.41, 5.74) is 1.44. The Morgan fingerprint density at radius 1 is 1.22 bits per heavy atom. The first-order valence-corrected chi connectivity index (χ1v) is 10.1. The summed E-state index contributed by atoms with van der Waals surface area (Å²) in [6.07, 6.45) is 2.17. The molecule has 1 amide bonds. The average molecular weight is 399 g/mol. The van der Waals surface area contributed by atoms with Gasteiger partial charge in [-0.3, -0.25) is 4.79 Å². The highest BCUT2D eigenvalue weighted by atomic mass is 35.5. The molecule has 6 heteroatoms. The first-order chi connectivity index (χ1) is 13.2. The zero-order valence-corrected chi connectivity index (χ0v) is 16.2. The molecule has 1 aromatic heterocycles. The lowest BCUT2D eigenvalue weighted by Gasteiger charge is -2.13. The topological polar surface area (TPSA) is 51.2 Å². The minimum absolute atomic E-state index is 0.0953. The van der Waals surface area contributed by atoms with Gasteiger partial charge in [-0.1, -0.05) is 41.6 Å². The standard InChI is InChI=1S/C21H19ClN2O2S/c22-14-7-9-16(10-8-14)27-20-12-18(17-5-1-2-6-19(17)24-20)21(25)23-13-15-4-3-11-26-15/h1-2,5-10,12,15H,3-4,11,13H2,(H,23,25)/t15-/m1/s1. The number of aromatic nitrogens is 1. The van der Waals surface area contributed by atoms with Gasteiger partial charge in [0, 0.05) is 28.5 Å². The second-order valence-corrected chi connectivity index (χ2v) is 7.96. The Hall–Kier alpha value is -2.08. The predicted octanol–water partition coefficient (Wildman–Crippen LogP) is 4.95. The molecule has 0 bridgehead atoms. The molecule has 4 rings (SSSR count). The molecule has 1 N–H and O–H groups in total. The van der Waals surface area contributed by atoms with E-state index in [0.29, 0.717) is 17.1 Å². The molecule has 0 saturated carbocycles. The molecule has 1 aliphatic rings. The molecule has 0 spiro atoms. The summed E-state index contributed by atoms with van der Waals surface area (Å²) in [5, 5.41) is 5.33. The molecule has 4 nitrogen and oxygen atoms in total. The van der Waals surface area contributed by atoms with Gasteiger partial charge in [-0.25, -0.2) is 4.98 Å². The van der Waals surface area contributed by atoms with Gasteiger partial charge in [-0.2, -0.15) is 0 Å². The van der Waals surface area contributed by atoms with Crippen LogP contribution in [-0.4, -0.2) is 30.1 Å². The number of hydrogen-bond acceptors (Lipinski definition) is 4. The van der Waals surface area contributed by atoms with Gasteiger partial charge in [0.2, 0.25) is 0 Å². The Morgan fingerprint density at radius 3 is 2.81 bits per heavy atom. The number of nitrogens with zero attached hydrogens (tertiary/aromatic N) is 1. The molecule has 138 valence electrons. The van der Waals surface area contributed by atoms with Gasteiger partial charge in [-0.15, -0.1) is 0 Å². The molecule has 3 aromatic rings. The van der Waals surface area contributed by atoms with E-state index in [4.69, 9.17) is 21.3 Å². The van der Waals surface area contributed by atoms with E-state index in [1.165, 1.54) is 11.8 Å². The van der Waals surface area contributed by atoms with Crippen LogP contribution in [0.5, 0.6) is 0 Å². The number of pyridine rings is 1. The fourth-order valence-corrected chi connectivity index (χ4v) is 4.08. The monoisotopic (exact) mass is 398 g/mol. The number of para-hydroxylation sites is 1. The maximum absolute atomic E-state index is 12.8. The molecule has 1 fully saturated rings. The zero-order chi connectivity index (χ0) is 18.6. The molecule has 0 radical (unpaired) electrons. The molecule has 27 heavy (non-hydrogen) atoms. The number of carbonyl (C=O) groups is 1. The minimum atomic E-state index is -0.0953. The smallest absolute Gasteiger partial charge is 0.252 e. The van der Waals surface area contributed by atoms with Crippen molar-refractivity contribution in [2.75, 3.05) is 13.2 Å². The molecule has 0 aliphatic carbocycles. The summed E-state index contributed by atoms with van der Waals surface area (Å²) in [5.74, 6) is -0.0953. The van der Waals surface area contributed by atoms with Crippen molar-refractivity contribution >= 4 is 40.2 Å². The third kappa shape index (κ3) is 4.43. The van der Waals surface area contributed by atoms with Crippen molar-refractivity contribution in [3.05, 3.63) is 65.2 Å². The molecule has 2 heterocycles. The van der Waals surface area contributed by atoms with Crippen molar-refractivity contribution in [2.24, 2.45) is 0 Å². The van der Waals surface area contributed by atoms with Crippen molar-refractivity contribution in [2.45, 2.75) is 28.9 Å². The first kappa shape index (κ1) is 18.3. The fourth-order valence-electron chi connectivity index (χ4n) is 3.12. The van der Waals surface area contributed by atoms with Crippen molar-refractivity contribution in [1.82, 2.24) is 10.3 Å². The Bertz CT molecular complexity index is 956. The highest BCUT2D eigenvalue weighted by molar-refractivity contribution is 7.99. The SMILES string of the molecule is O=C(NC[C@H]1CCCO1)c1cc(Sc2ccc(Cl)cc2)nc2ccccc12. The Balaban J connectivity index is 1.61. The van der Waals surface area contributed by atoms with E-state index in [9.17, 15) is 4.79 Å². The third-order valence-electron chi connectivity index (χ3n) is 4.49. The molecule has 2 aromatic carbocycles. The number of nitrogens with one attached hydrogen (secondary N) is 1. The van der Waals surface area contributed by atoms with Gasteiger partial charge in [0.25, 0.3) is 5.91 Å². The Morgan fingerprint density at radius 2 is 2.04 bits per heavy atom. The molecule has 0 unspecified atom stereocenters. The summed E-state index contributed by atoms with van der Waals surface area (Å²) in [6, 6.07) is 17.2. The van der Waals surface area contributed by atoms with Gasteiger partial charge in [0.15, 0.2) is 0 Å². The van der Waals surface area contributed by atoms with Crippen LogP contribution in [0.1, 0.15) is 23.2 Å². The summed E-state index contributed by atoms with van der Waals surface area (Å²) in [7, 11) is 0. The molecule has 1 atom stereocenters. The lowest BCUT2D eigenvalue weighted by atomic mass is 10.1. The van der Waals surface area contributed by atoms with E-state index in [1.54, 1.807) is 0 Å². The third-order valence-corrected chi connectivity index (χ3v) is 5.67. The first-order valence-electron chi connectivity index (χ1n) is 8.92. The summed E-state index contributed by atoms with van der Waals surface area (Å²) in [4.78, 5) is 18.6. The van der Waals surface area contributed by atoms with Crippen LogP contribution in [0.25, 0.3) is 10.9 Å². The second kappa shape index (κ2) is 8.30. The van der Waals surface area contributed by atoms with Crippen LogP contribution >= 0.6 is 23.4 Å². The van der Waals surface area contributed by atoms with Crippen molar-refractivity contribution in [1.29, 1.82) is 0 Å². The van der Waals surface area contributed by atoms with Crippen LogP contribution in [0, 0.1) is 0 Å². The normalized spacial score (nSPS) is 16.6. The highest BCUT2D eigenvalue weighted by Gasteiger charge is 2.18. The van der Waals surface area contributed by atoms with Gasteiger partial charge in [0.1, 0.15) is 5.03 Å². The Labute approximate surface area is 167 Å². The summed E-state index contributed by atoms with van der Waals surface area (Å²) >= 11 is 7.47. The maximum Gasteiger partial charge on any atom is 0.252 e. The number of hydrogen-bond donors (Lipinski definition) is 1. The van der Waals surface area contributed by atoms with E-state index in [-0.39, 0.29) is 12.0 Å². The van der Waals surface area contributed by atoms with Crippen molar-refractivity contribution < 1.29 is 9.53 Å². The zero-order valence-electron chi connectivity index (χ0n) is 14.7. The lowest BCUT2D eigenvalue weighted by Crippen LogP contribution is -2.31. The van der Waals surface area contributed by atoms with Gasteiger partial charge >= 0.3 is 0 Å². The molecular weight excluding hydrogens is 380 g/mol. The lowest BCUT2D eigenvalue weighted by molar-refractivity contribution is 0.0859. The largest absolute Gasteiger partial charge is 0.376 e. The Kier molecular flexibility index (Phi) is 5.62. The van der Waals surface area contributed by atoms with Gasteiger partial charge in [-0.05, 0) is 49.2 Å². The number of benzene rings is 2. The quantitative estimate of drug-likeness (QED) is 0.660. The van der Waals surface area contributed by atoms with E-state index >= 15 is 0 Å². The van der Waals surface area contributed by atoms with Crippen LogP contribution < -0.4 is 5.32 Å². The second-order valence-electron chi connectivity index (χ2n) is 6.43. The summed E-state index contributed by atoms with van der Waals surface area (Å²) in [6.45, 7) is 1.32. The van der Waals surface area contributed by atoms with Gasteiger partial charge < -0.3 is 10.1 Å². The van der Waals surface area contributed by atoms with Crippen LogP contribution in [0.2, 0.25) is 5.02 Å². The highest BCUT2D eigenvalue weighted by Crippen LogP contribution is 2.30. The number of halogens is 1. The number of ether oxygens (including phenoxy) is 1. The van der Waals surface area contributed by atoms with Crippen LogP contribution in [0.3, 0.4) is 0 Å². The van der Waals surface area contributed by atoms with Crippen LogP contribution in [0.4, 0.5) is 0 Å². The van der Waals surface area contributed by atoms with Crippen molar-refractivity contribution in [3.8, 4) is 0 Å². The minimum Gasteiger partial charge on any atom is -0.376 e. The molecule has 1 saturated heterocycles. The number of amides is 1. The maximum atomic E-state index is 12.8. The van der Waals surface area contributed by atoms with Crippen LogP contribution in [-0.2, 0) is 4.74 Å². The van der Waals surface area contributed by atoms with Crippen molar-refractivity contribution in [3.63, 3.8) is 0 Å². The fraction of sp³-hybridized carbons (Fsp3) is 0.238. The van der Waals surface area contributed by atoms with E-state index in [2.05, 4.69) is 5.32 Å². The number of carbonyl (C=O) groups excluding carboxylic acids is 1. The summed E-state index contributed by atoms with van der Waals surface area (Å²) < 4.78 is 5.60. The van der Waals surface area contributed by atoms with E-state index in [1.807, 2.05) is 54.6 Å². The van der Waals surface area contributed by atoms with E-state index in [0.717, 1.165) is 40.3 Å². The molecule has 1 aliphatic heterocycles. The number of rotatable bonds is 5. The van der Waals surface area contributed by atoms with E-state index < -0.39 is 0 Å². The number of fused-ring (bicyclic) bond motifs is 1. The average Bonchev–Trinajstić information content (AvgIpc) is 3.21.